The molecular weight excluding hydrogens is 182 g/mol. The van der Waals surface area contributed by atoms with Gasteiger partial charge in [0, 0.05) is 20.5 Å². The fourth-order valence-electron chi connectivity index (χ4n) is 0.580. The molecule has 74 valence electrons. The second kappa shape index (κ2) is 7.63. The Hall–Kier alpha value is -0.0100. The van der Waals surface area contributed by atoms with Crippen molar-refractivity contribution in [3.63, 3.8) is 0 Å². The highest BCUT2D eigenvalue weighted by Crippen LogP contribution is 1.90. The summed E-state index contributed by atoms with van der Waals surface area (Å²) < 4.78 is 20.3. The molecule has 0 aromatic rings. The molecule has 0 aromatic carbocycles. The smallest absolute Gasteiger partial charge is 0.112 e. The van der Waals surface area contributed by atoms with Crippen LogP contribution < -0.4 is 4.89 Å². The maximum atomic E-state index is 10.5. The molecule has 2 atom stereocenters. The van der Waals surface area contributed by atoms with Crippen LogP contribution in [0.25, 0.3) is 0 Å². The molecule has 0 bridgehead atoms. The van der Waals surface area contributed by atoms with E-state index in [9.17, 15) is 4.21 Å². The molecule has 2 unspecified atom stereocenters. The second-order valence-corrected chi connectivity index (χ2v) is 3.24. The zero-order valence-electron chi connectivity index (χ0n) is 7.53. The van der Waals surface area contributed by atoms with E-state index in [4.69, 9.17) is 14.3 Å². The largest absolute Gasteiger partial charge is 0.382 e. The summed E-state index contributed by atoms with van der Waals surface area (Å²) in [4.78, 5) is 7.15. The third kappa shape index (κ3) is 6.68. The predicted molar refractivity (Wildman–Crippen MR) is 45.8 cm³/mol. The SMILES string of the molecule is COCC(CONS(C)=O)OC. The highest BCUT2D eigenvalue weighted by molar-refractivity contribution is 7.82. The summed E-state index contributed by atoms with van der Waals surface area (Å²) in [7, 11) is 1.99. The van der Waals surface area contributed by atoms with E-state index in [1.54, 1.807) is 14.2 Å². The molecule has 0 saturated carbocycles. The molecule has 0 aromatic heterocycles. The van der Waals surface area contributed by atoms with E-state index in [2.05, 4.69) is 4.89 Å². The van der Waals surface area contributed by atoms with Crippen molar-refractivity contribution in [1.82, 2.24) is 4.89 Å². The van der Waals surface area contributed by atoms with Crippen LogP contribution >= 0.6 is 0 Å². The number of ether oxygens (including phenoxy) is 2. The van der Waals surface area contributed by atoms with Gasteiger partial charge in [-0.05, 0) is 0 Å². The van der Waals surface area contributed by atoms with Gasteiger partial charge in [0.25, 0.3) is 0 Å². The molecule has 0 radical (unpaired) electrons. The summed E-state index contributed by atoms with van der Waals surface area (Å²) in [5, 5.41) is 0. The second-order valence-electron chi connectivity index (χ2n) is 2.16. The van der Waals surface area contributed by atoms with Gasteiger partial charge in [-0.15, -0.1) is 4.89 Å². The fraction of sp³-hybridized carbons (Fsp3) is 1.00. The van der Waals surface area contributed by atoms with Crippen molar-refractivity contribution in [2.45, 2.75) is 6.10 Å². The van der Waals surface area contributed by atoms with Crippen LogP contribution in [0, 0.1) is 0 Å². The van der Waals surface area contributed by atoms with Gasteiger partial charge < -0.3 is 9.47 Å². The lowest BCUT2D eigenvalue weighted by Crippen LogP contribution is -2.28. The molecule has 0 fully saturated rings. The molecule has 0 amide bonds. The quantitative estimate of drug-likeness (QED) is 0.557. The number of rotatable bonds is 7. The molecule has 0 rings (SSSR count). The fourth-order valence-corrected chi connectivity index (χ4v) is 0.814. The summed E-state index contributed by atoms with van der Waals surface area (Å²) in [5.74, 6) is 0. The van der Waals surface area contributed by atoms with E-state index in [0.717, 1.165) is 0 Å². The first-order chi connectivity index (χ1) is 5.70. The molecule has 5 nitrogen and oxygen atoms in total. The molecule has 0 aliphatic carbocycles. The topological polar surface area (TPSA) is 56.8 Å². The van der Waals surface area contributed by atoms with Crippen molar-refractivity contribution in [3.8, 4) is 0 Å². The van der Waals surface area contributed by atoms with E-state index >= 15 is 0 Å². The van der Waals surface area contributed by atoms with Crippen LogP contribution in [-0.4, -0.2) is 44.0 Å². The van der Waals surface area contributed by atoms with Gasteiger partial charge in [0.05, 0.1) is 13.2 Å². The van der Waals surface area contributed by atoms with Crippen LogP contribution in [0.15, 0.2) is 0 Å². The number of methoxy groups -OCH3 is 2. The maximum Gasteiger partial charge on any atom is 0.112 e. The van der Waals surface area contributed by atoms with Crippen LogP contribution in [0.5, 0.6) is 0 Å². The van der Waals surface area contributed by atoms with Crippen LogP contribution in [0.3, 0.4) is 0 Å². The van der Waals surface area contributed by atoms with E-state index in [1.165, 1.54) is 6.26 Å². The molecule has 0 aliphatic rings. The Morgan fingerprint density at radius 1 is 1.42 bits per heavy atom. The summed E-state index contributed by atoms with van der Waals surface area (Å²) in [6, 6.07) is 0. The minimum Gasteiger partial charge on any atom is -0.382 e. The Morgan fingerprint density at radius 3 is 2.50 bits per heavy atom. The van der Waals surface area contributed by atoms with Gasteiger partial charge in [0.1, 0.15) is 17.1 Å². The Balaban J connectivity index is 3.37. The average Bonchev–Trinajstić information content (AvgIpc) is 2.02. The first kappa shape index (κ1) is 12.0. The summed E-state index contributed by atoms with van der Waals surface area (Å²) >= 11 is 0. The van der Waals surface area contributed by atoms with Gasteiger partial charge >= 0.3 is 0 Å². The average molecular weight is 197 g/mol. The van der Waals surface area contributed by atoms with Crippen LogP contribution in [0.4, 0.5) is 0 Å². The third-order valence-corrected chi connectivity index (χ3v) is 1.48. The molecule has 0 aliphatic heterocycles. The van der Waals surface area contributed by atoms with E-state index in [1.807, 2.05) is 0 Å². The number of nitrogens with one attached hydrogen (secondary N) is 1. The summed E-state index contributed by atoms with van der Waals surface area (Å²) in [6.07, 6.45) is 1.35. The minimum atomic E-state index is -1.16. The van der Waals surface area contributed by atoms with Gasteiger partial charge in [-0.3, -0.25) is 4.84 Å². The van der Waals surface area contributed by atoms with Gasteiger partial charge in [-0.2, -0.15) is 0 Å². The molecular formula is C6H15NO4S. The molecule has 0 saturated heterocycles. The first-order valence-corrected chi connectivity index (χ1v) is 4.99. The van der Waals surface area contributed by atoms with Crippen molar-refractivity contribution in [3.05, 3.63) is 0 Å². The molecule has 12 heavy (non-hydrogen) atoms. The maximum absolute atomic E-state index is 10.5. The Bertz CT molecular complexity index is 133. The zero-order valence-corrected chi connectivity index (χ0v) is 8.35. The lowest BCUT2D eigenvalue weighted by molar-refractivity contribution is -0.0419. The first-order valence-electron chi connectivity index (χ1n) is 3.43. The van der Waals surface area contributed by atoms with Gasteiger partial charge in [0.15, 0.2) is 0 Å². The Labute approximate surface area is 74.9 Å². The minimum absolute atomic E-state index is 0.133. The summed E-state index contributed by atoms with van der Waals surface area (Å²) in [5.41, 5.74) is 0. The monoisotopic (exact) mass is 197 g/mol. The van der Waals surface area contributed by atoms with Gasteiger partial charge in [-0.25, -0.2) is 4.21 Å². The lowest BCUT2D eigenvalue weighted by Gasteiger charge is -2.13. The zero-order chi connectivity index (χ0) is 9.40. The van der Waals surface area contributed by atoms with Crippen LogP contribution in [0.2, 0.25) is 0 Å². The number of hydrogen-bond acceptors (Lipinski definition) is 4. The van der Waals surface area contributed by atoms with E-state index in [0.29, 0.717) is 13.2 Å². The van der Waals surface area contributed by atoms with Crippen molar-refractivity contribution >= 4 is 11.0 Å². The highest BCUT2D eigenvalue weighted by Gasteiger charge is 2.06. The highest BCUT2D eigenvalue weighted by atomic mass is 32.2. The standard InChI is InChI=1S/C6H15NO4S/c1-9-4-6(10-2)5-11-7-12(3)8/h6-7H,4-5H2,1-3H3. The molecule has 1 N–H and O–H groups in total. The third-order valence-electron chi connectivity index (χ3n) is 1.13. The van der Waals surface area contributed by atoms with Crippen molar-refractivity contribution in [2.75, 3.05) is 33.7 Å². The summed E-state index contributed by atoms with van der Waals surface area (Å²) in [6.45, 7) is 0.762. The van der Waals surface area contributed by atoms with E-state index < -0.39 is 11.0 Å². The molecule has 0 spiro atoms. The van der Waals surface area contributed by atoms with E-state index in [-0.39, 0.29) is 6.10 Å². The Kier molecular flexibility index (Phi) is 7.62. The van der Waals surface area contributed by atoms with Gasteiger partial charge in [-0.1, -0.05) is 0 Å². The number of hydrogen-bond donors (Lipinski definition) is 1. The van der Waals surface area contributed by atoms with Crippen molar-refractivity contribution in [2.24, 2.45) is 0 Å². The molecule has 6 heteroatoms. The van der Waals surface area contributed by atoms with Crippen LogP contribution in [-0.2, 0) is 25.3 Å². The normalized spacial score (nSPS) is 15.9. The Morgan fingerprint density at radius 2 is 2.08 bits per heavy atom. The van der Waals surface area contributed by atoms with Crippen LogP contribution in [0.1, 0.15) is 0 Å². The molecule has 0 heterocycles. The van der Waals surface area contributed by atoms with Crippen molar-refractivity contribution < 1.29 is 18.5 Å². The van der Waals surface area contributed by atoms with Gasteiger partial charge in [0.2, 0.25) is 0 Å². The predicted octanol–water partition coefficient (Wildman–Crippen LogP) is -0.537. The van der Waals surface area contributed by atoms with Crippen molar-refractivity contribution in [1.29, 1.82) is 0 Å². The lowest BCUT2D eigenvalue weighted by atomic mass is 10.4.